The first-order valence-corrected chi connectivity index (χ1v) is 8.50. The van der Waals surface area contributed by atoms with E-state index in [0.29, 0.717) is 0 Å². The summed E-state index contributed by atoms with van der Waals surface area (Å²) in [5.41, 5.74) is 0. The van der Waals surface area contributed by atoms with Crippen LogP contribution in [0, 0.1) is 0 Å². The van der Waals surface area contributed by atoms with Crippen molar-refractivity contribution in [3.8, 4) is 0 Å². The molecule has 2 heterocycles. The molecule has 1 unspecified atom stereocenters. The molecule has 17 heavy (non-hydrogen) atoms. The molecular weight excluding hydrogens is 250 g/mol. The maximum absolute atomic E-state index is 4.41. The molecule has 3 nitrogen and oxygen atoms in total. The molecule has 0 aromatic carbocycles. The van der Waals surface area contributed by atoms with Crippen molar-refractivity contribution in [1.82, 2.24) is 14.9 Å². The molecule has 1 saturated heterocycles. The summed E-state index contributed by atoms with van der Waals surface area (Å²) < 4.78 is 2.25. The Morgan fingerprint density at radius 3 is 3.24 bits per heavy atom. The van der Waals surface area contributed by atoms with Crippen molar-refractivity contribution < 1.29 is 0 Å². The molecule has 2 rings (SSSR count). The van der Waals surface area contributed by atoms with E-state index in [1.54, 1.807) is 0 Å². The number of rotatable bonds is 6. The zero-order chi connectivity index (χ0) is 11.9. The Hall–Kier alpha value is -0.130. The minimum absolute atomic E-state index is 0.781. The van der Waals surface area contributed by atoms with Crippen LogP contribution in [0.1, 0.15) is 19.2 Å². The fourth-order valence-corrected chi connectivity index (χ4v) is 4.60. The van der Waals surface area contributed by atoms with Crippen molar-refractivity contribution in [3.05, 3.63) is 18.2 Å². The zero-order valence-corrected chi connectivity index (χ0v) is 12.0. The summed E-state index contributed by atoms with van der Waals surface area (Å²) in [6.45, 7) is 5.28. The van der Waals surface area contributed by atoms with E-state index >= 15 is 0 Å². The first-order chi connectivity index (χ1) is 8.40. The fraction of sp³-hybridized carbons (Fsp3) is 0.750. The van der Waals surface area contributed by atoms with Gasteiger partial charge in [-0.2, -0.15) is 23.5 Å². The molecule has 0 amide bonds. The van der Waals surface area contributed by atoms with Gasteiger partial charge in [0.05, 0.1) is 6.54 Å². The number of thioether (sulfide) groups is 2. The van der Waals surface area contributed by atoms with Gasteiger partial charge in [0.15, 0.2) is 0 Å². The van der Waals surface area contributed by atoms with E-state index < -0.39 is 0 Å². The van der Waals surface area contributed by atoms with E-state index in [0.717, 1.165) is 24.9 Å². The van der Waals surface area contributed by atoms with Gasteiger partial charge in [-0.15, -0.1) is 0 Å². The second-order valence-electron chi connectivity index (χ2n) is 4.24. The van der Waals surface area contributed by atoms with Crippen molar-refractivity contribution in [2.45, 2.75) is 31.7 Å². The van der Waals surface area contributed by atoms with E-state index in [1.165, 1.54) is 29.5 Å². The Morgan fingerprint density at radius 1 is 1.53 bits per heavy atom. The highest BCUT2D eigenvalue weighted by Gasteiger charge is 2.13. The molecule has 1 aliphatic rings. The van der Waals surface area contributed by atoms with Gasteiger partial charge < -0.3 is 9.88 Å². The van der Waals surface area contributed by atoms with Crippen molar-refractivity contribution in [1.29, 1.82) is 0 Å². The molecule has 1 atom stereocenters. The molecule has 0 spiro atoms. The third-order valence-corrected chi connectivity index (χ3v) is 5.65. The van der Waals surface area contributed by atoms with Crippen LogP contribution >= 0.6 is 23.5 Å². The van der Waals surface area contributed by atoms with Gasteiger partial charge in [-0.05, 0) is 6.42 Å². The summed E-state index contributed by atoms with van der Waals surface area (Å²) in [6, 6.07) is 0. The summed E-state index contributed by atoms with van der Waals surface area (Å²) >= 11 is 4.18. The van der Waals surface area contributed by atoms with Crippen molar-refractivity contribution in [3.63, 3.8) is 0 Å². The molecule has 0 radical (unpaired) electrons. The first-order valence-electron chi connectivity index (χ1n) is 6.30. The van der Waals surface area contributed by atoms with Crippen molar-refractivity contribution in [2.75, 3.05) is 23.8 Å². The quantitative estimate of drug-likeness (QED) is 0.859. The van der Waals surface area contributed by atoms with Gasteiger partial charge in [-0.25, -0.2) is 4.98 Å². The van der Waals surface area contributed by atoms with Gasteiger partial charge in [-0.3, -0.25) is 0 Å². The highest BCUT2D eigenvalue weighted by Crippen LogP contribution is 2.23. The van der Waals surface area contributed by atoms with E-state index in [2.05, 4.69) is 51.5 Å². The lowest BCUT2D eigenvalue weighted by atomic mass is 10.4. The van der Waals surface area contributed by atoms with Gasteiger partial charge in [0, 0.05) is 48.0 Å². The lowest BCUT2D eigenvalue weighted by Crippen LogP contribution is -2.29. The maximum atomic E-state index is 4.41. The van der Waals surface area contributed by atoms with Crippen LogP contribution in [0.2, 0.25) is 0 Å². The zero-order valence-electron chi connectivity index (χ0n) is 10.4. The molecular formula is C12H21N3S2. The maximum Gasteiger partial charge on any atom is 0.122 e. The van der Waals surface area contributed by atoms with Crippen LogP contribution in [-0.2, 0) is 13.1 Å². The third kappa shape index (κ3) is 4.23. The Balaban J connectivity index is 1.71. The molecule has 1 fully saturated rings. The molecule has 1 aliphatic heterocycles. The van der Waals surface area contributed by atoms with E-state index in [1.807, 2.05) is 6.20 Å². The van der Waals surface area contributed by atoms with Crippen LogP contribution in [0.25, 0.3) is 0 Å². The number of hydrogen-bond donors (Lipinski definition) is 1. The number of aromatic nitrogens is 2. The molecule has 0 saturated carbocycles. The number of nitrogens with one attached hydrogen (secondary N) is 1. The second kappa shape index (κ2) is 7.34. The van der Waals surface area contributed by atoms with Crippen LogP contribution in [0.5, 0.6) is 0 Å². The molecule has 0 bridgehead atoms. The number of hydrogen-bond acceptors (Lipinski definition) is 4. The topological polar surface area (TPSA) is 29.9 Å². The van der Waals surface area contributed by atoms with Crippen molar-refractivity contribution in [2.24, 2.45) is 0 Å². The Bertz CT molecular complexity index is 321. The standard InChI is InChI=1S/C12H21N3S2/c1-2-4-15-5-3-14-12(15)9-13-8-11-10-16-6-7-17-11/h3,5,11,13H,2,4,6-10H2,1H3. The van der Waals surface area contributed by atoms with Crippen molar-refractivity contribution >= 4 is 23.5 Å². The van der Waals surface area contributed by atoms with Crippen LogP contribution in [0.15, 0.2) is 12.4 Å². The van der Waals surface area contributed by atoms with E-state index in [9.17, 15) is 0 Å². The smallest absolute Gasteiger partial charge is 0.122 e. The van der Waals surface area contributed by atoms with Gasteiger partial charge in [0.2, 0.25) is 0 Å². The predicted octanol–water partition coefficient (Wildman–Crippen LogP) is 2.23. The summed E-state index contributed by atoms with van der Waals surface area (Å²) in [4.78, 5) is 4.41. The largest absolute Gasteiger partial charge is 0.334 e. The average Bonchev–Trinajstić information content (AvgIpc) is 2.79. The first kappa shape index (κ1) is 13.3. The average molecular weight is 271 g/mol. The van der Waals surface area contributed by atoms with Crippen LogP contribution in [-0.4, -0.2) is 38.6 Å². The third-order valence-electron chi connectivity index (χ3n) is 2.81. The number of imidazole rings is 1. The summed E-state index contributed by atoms with van der Waals surface area (Å²) in [5.74, 6) is 5.09. The van der Waals surface area contributed by atoms with E-state index in [4.69, 9.17) is 0 Å². The van der Waals surface area contributed by atoms with Crippen LogP contribution in [0.4, 0.5) is 0 Å². The minimum atomic E-state index is 0.781. The number of aryl methyl sites for hydroxylation is 1. The molecule has 5 heteroatoms. The van der Waals surface area contributed by atoms with Gasteiger partial charge in [0.1, 0.15) is 5.82 Å². The Morgan fingerprint density at radius 2 is 2.47 bits per heavy atom. The van der Waals surface area contributed by atoms with Gasteiger partial charge in [0.25, 0.3) is 0 Å². The Kier molecular flexibility index (Phi) is 5.74. The summed E-state index contributed by atoms with van der Waals surface area (Å²) in [6.07, 6.45) is 5.14. The minimum Gasteiger partial charge on any atom is -0.334 e. The molecule has 0 aliphatic carbocycles. The second-order valence-corrected chi connectivity index (χ2v) is 6.79. The lowest BCUT2D eigenvalue weighted by Gasteiger charge is -2.21. The lowest BCUT2D eigenvalue weighted by molar-refractivity contribution is 0.589. The highest BCUT2D eigenvalue weighted by atomic mass is 32.2. The normalized spacial score (nSPS) is 20.6. The fourth-order valence-electron chi connectivity index (χ4n) is 1.95. The highest BCUT2D eigenvalue weighted by molar-refractivity contribution is 8.06. The monoisotopic (exact) mass is 271 g/mol. The molecule has 1 N–H and O–H groups in total. The number of nitrogens with zero attached hydrogens (tertiary/aromatic N) is 2. The summed E-state index contributed by atoms with van der Waals surface area (Å²) in [7, 11) is 0. The molecule has 1 aromatic heterocycles. The molecule has 1 aromatic rings. The van der Waals surface area contributed by atoms with Gasteiger partial charge in [-0.1, -0.05) is 6.92 Å². The Labute approximate surface area is 112 Å². The molecule has 96 valence electrons. The van der Waals surface area contributed by atoms with Crippen LogP contribution in [0.3, 0.4) is 0 Å². The van der Waals surface area contributed by atoms with Gasteiger partial charge >= 0.3 is 0 Å². The van der Waals surface area contributed by atoms with Crippen LogP contribution < -0.4 is 5.32 Å². The van der Waals surface area contributed by atoms with E-state index in [-0.39, 0.29) is 0 Å². The predicted molar refractivity (Wildman–Crippen MR) is 77.8 cm³/mol. The summed E-state index contributed by atoms with van der Waals surface area (Å²) in [5, 5.41) is 4.32. The SMILES string of the molecule is CCCn1ccnc1CNCC1CSCCS1.